The van der Waals surface area contributed by atoms with Crippen LogP contribution < -0.4 is 5.32 Å². The minimum absolute atomic E-state index is 0.0523. The van der Waals surface area contributed by atoms with Crippen molar-refractivity contribution in [2.24, 2.45) is 5.92 Å². The van der Waals surface area contributed by atoms with E-state index in [0.29, 0.717) is 0 Å². The molecule has 1 rings (SSSR count). The van der Waals surface area contributed by atoms with Crippen LogP contribution in [0.25, 0.3) is 0 Å². The van der Waals surface area contributed by atoms with Crippen molar-refractivity contribution in [1.82, 2.24) is 5.32 Å². The Morgan fingerprint density at radius 2 is 1.78 bits per heavy atom. The summed E-state index contributed by atoms with van der Waals surface area (Å²) in [4.78, 5) is 10.9. The van der Waals surface area contributed by atoms with Gasteiger partial charge >= 0.3 is 5.97 Å². The lowest BCUT2D eigenvalue weighted by Gasteiger charge is -2.18. The van der Waals surface area contributed by atoms with Crippen molar-refractivity contribution in [2.45, 2.75) is 26.4 Å². The zero-order valence-corrected chi connectivity index (χ0v) is 10.0. The number of rotatable bonds is 5. The van der Waals surface area contributed by atoms with Crippen molar-refractivity contribution in [2.75, 3.05) is 0 Å². The number of carboxylic acids is 1. The molecule has 0 saturated carbocycles. The molecule has 1 atom stereocenters. The fourth-order valence-corrected chi connectivity index (χ4v) is 1.55. The van der Waals surface area contributed by atoms with Gasteiger partial charge in [-0.3, -0.25) is 4.79 Å². The van der Waals surface area contributed by atoms with Gasteiger partial charge in [0.2, 0.25) is 0 Å². The van der Waals surface area contributed by atoms with Crippen molar-refractivity contribution < 1.29 is 23.1 Å². The van der Waals surface area contributed by atoms with Crippen LogP contribution in [0.1, 0.15) is 19.4 Å². The van der Waals surface area contributed by atoms with Crippen molar-refractivity contribution in [1.29, 1.82) is 0 Å². The van der Waals surface area contributed by atoms with E-state index < -0.39 is 29.5 Å². The van der Waals surface area contributed by atoms with Gasteiger partial charge in [-0.2, -0.15) is 0 Å². The van der Waals surface area contributed by atoms with Gasteiger partial charge in [0.1, 0.15) is 6.04 Å². The van der Waals surface area contributed by atoms with Crippen molar-refractivity contribution >= 4 is 5.97 Å². The molecule has 6 heteroatoms. The molecule has 0 radical (unpaired) electrons. The highest BCUT2D eigenvalue weighted by molar-refractivity contribution is 5.73. The van der Waals surface area contributed by atoms with E-state index in [1.54, 1.807) is 13.8 Å². The van der Waals surface area contributed by atoms with E-state index in [0.717, 1.165) is 12.1 Å². The highest BCUT2D eigenvalue weighted by Crippen LogP contribution is 2.14. The molecule has 0 aliphatic heterocycles. The molecule has 18 heavy (non-hydrogen) atoms. The number of aliphatic carboxylic acids is 1. The van der Waals surface area contributed by atoms with E-state index in [1.165, 1.54) is 0 Å². The summed E-state index contributed by atoms with van der Waals surface area (Å²) in [5, 5.41) is 11.6. The number of hydrogen-bond acceptors (Lipinski definition) is 2. The summed E-state index contributed by atoms with van der Waals surface area (Å²) in [5.41, 5.74) is 0.151. The molecule has 2 N–H and O–H groups in total. The smallest absolute Gasteiger partial charge is 0.320 e. The van der Waals surface area contributed by atoms with Gasteiger partial charge < -0.3 is 10.4 Å². The lowest BCUT2D eigenvalue weighted by atomic mass is 10.0. The van der Waals surface area contributed by atoms with Gasteiger partial charge in [-0.15, -0.1) is 0 Å². The van der Waals surface area contributed by atoms with Gasteiger partial charge in [-0.25, -0.2) is 13.2 Å². The quantitative estimate of drug-likeness (QED) is 0.800. The molecule has 0 fully saturated rings. The number of hydrogen-bond donors (Lipinski definition) is 2. The van der Waals surface area contributed by atoms with Crippen LogP contribution in [0.3, 0.4) is 0 Å². The first-order valence-electron chi connectivity index (χ1n) is 5.42. The third kappa shape index (κ3) is 3.46. The Balaban J connectivity index is 2.77. The van der Waals surface area contributed by atoms with Gasteiger partial charge in [-0.05, 0) is 23.6 Å². The molecule has 0 aliphatic rings. The highest BCUT2D eigenvalue weighted by Gasteiger charge is 2.21. The van der Waals surface area contributed by atoms with E-state index in [2.05, 4.69) is 5.32 Å². The second-order valence-corrected chi connectivity index (χ2v) is 4.31. The van der Waals surface area contributed by atoms with E-state index in [9.17, 15) is 18.0 Å². The zero-order chi connectivity index (χ0) is 13.9. The molecule has 0 aliphatic carbocycles. The first-order chi connectivity index (χ1) is 8.32. The van der Waals surface area contributed by atoms with Crippen LogP contribution in [0.4, 0.5) is 13.2 Å². The first-order valence-corrected chi connectivity index (χ1v) is 5.42. The standard InChI is InChI=1S/C12H14F3NO2/c1-6(2)11(12(17)18)16-5-7-3-8(13)10(15)9(14)4-7/h3-4,6,11,16H,5H2,1-2H3,(H,17,18). The van der Waals surface area contributed by atoms with E-state index in [4.69, 9.17) is 5.11 Å². The summed E-state index contributed by atoms with van der Waals surface area (Å²) in [6.45, 7) is 3.36. The average Bonchev–Trinajstić information content (AvgIpc) is 2.24. The largest absolute Gasteiger partial charge is 0.480 e. The fraction of sp³-hybridized carbons (Fsp3) is 0.417. The maximum absolute atomic E-state index is 12.9. The molecule has 0 heterocycles. The number of nitrogens with one attached hydrogen (secondary N) is 1. The van der Waals surface area contributed by atoms with Gasteiger partial charge in [-0.1, -0.05) is 13.8 Å². The predicted molar refractivity (Wildman–Crippen MR) is 59.4 cm³/mol. The third-order valence-electron chi connectivity index (χ3n) is 2.50. The first kappa shape index (κ1) is 14.5. The summed E-state index contributed by atoms with van der Waals surface area (Å²) in [7, 11) is 0. The molecule has 1 unspecified atom stereocenters. The van der Waals surface area contributed by atoms with Crippen LogP contribution in [-0.2, 0) is 11.3 Å². The molecule has 100 valence electrons. The van der Waals surface area contributed by atoms with Crippen LogP contribution in [0.5, 0.6) is 0 Å². The van der Waals surface area contributed by atoms with Crippen molar-refractivity contribution in [3.63, 3.8) is 0 Å². The minimum Gasteiger partial charge on any atom is -0.480 e. The molecule has 0 bridgehead atoms. The van der Waals surface area contributed by atoms with Gasteiger partial charge in [0.15, 0.2) is 17.5 Å². The van der Waals surface area contributed by atoms with E-state index >= 15 is 0 Å². The summed E-state index contributed by atoms with van der Waals surface area (Å²) in [6, 6.07) is 0.844. The Labute approximate surface area is 103 Å². The van der Waals surface area contributed by atoms with Gasteiger partial charge in [0.05, 0.1) is 0 Å². The minimum atomic E-state index is -1.53. The SMILES string of the molecule is CC(C)C(NCc1cc(F)c(F)c(F)c1)C(=O)O. The number of benzene rings is 1. The van der Waals surface area contributed by atoms with Crippen LogP contribution in [0.2, 0.25) is 0 Å². The Kier molecular flexibility index (Phi) is 4.72. The molecule has 1 aromatic carbocycles. The molecule has 0 saturated heterocycles. The van der Waals surface area contributed by atoms with Crippen LogP contribution >= 0.6 is 0 Å². The van der Waals surface area contributed by atoms with Crippen molar-refractivity contribution in [3.8, 4) is 0 Å². The topological polar surface area (TPSA) is 49.3 Å². The molecule has 1 aromatic rings. The zero-order valence-electron chi connectivity index (χ0n) is 10.0. The Morgan fingerprint density at radius 1 is 1.28 bits per heavy atom. The summed E-state index contributed by atoms with van der Waals surface area (Å²) >= 11 is 0. The normalized spacial score (nSPS) is 12.8. The number of carboxylic acid groups (broad SMARTS) is 1. The molecule has 3 nitrogen and oxygen atoms in total. The number of halogens is 3. The maximum Gasteiger partial charge on any atom is 0.320 e. The van der Waals surface area contributed by atoms with E-state index in [-0.39, 0.29) is 18.0 Å². The average molecular weight is 261 g/mol. The van der Waals surface area contributed by atoms with E-state index in [1.807, 2.05) is 0 Å². The van der Waals surface area contributed by atoms with Crippen molar-refractivity contribution in [3.05, 3.63) is 35.1 Å². The molecular formula is C12H14F3NO2. The third-order valence-corrected chi connectivity index (χ3v) is 2.50. The molecule has 0 amide bonds. The maximum atomic E-state index is 12.9. The second-order valence-electron chi connectivity index (χ2n) is 4.31. The lowest BCUT2D eigenvalue weighted by Crippen LogP contribution is -2.40. The Bertz CT molecular complexity index is 426. The van der Waals surface area contributed by atoms with Gasteiger partial charge in [0, 0.05) is 6.54 Å². The predicted octanol–water partition coefficient (Wildman–Crippen LogP) is 2.30. The van der Waals surface area contributed by atoms with Crippen LogP contribution in [0.15, 0.2) is 12.1 Å². The summed E-state index contributed by atoms with van der Waals surface area (Å²) in [6.07, 6.45) is 0. The van der Waals surface area contributed by atoms with Gasteiger partial charge in [0.25, 0.3) is 0 Å². The molecular weight excluding hydrogens is 247 g/mol. The monoisotopic (exact) mass is 261 g/mol. The fourth-order valence-electron chi connectivity index (χ4n) is 1.55. The summed E-state index contributed by atoms with van der Waals surface area (Å²) < 4.78 is 38.5. The lowest BCUT2D eigenvalue weighted by molar-refractivity contribution is -0.140. The molecule has 0 spiro atoms. The van der Waals surface area contributed by atoms with Crippen LogP contribution in [0, 0.1) is 23.4 Å². The number of carbonyl (C=O) groups is 1. The second kappa shape index (κ2) is 5.86. The highest BCUT2D eigenvalue weighted by atomic mass is 19.2. The van der Waals surface area contributed by atoms with Crippen LogP contribution in [-0.4, -0.2) is 17.1 Å². The Hall–Kier alpha value is -1.56. The summed E-state index contributed by atoms with van der Waals surface area (Å²) in [5.74, 6) is -5.34. The molecule has 0 aromatic heterocycles. The Morgan fingerprint density at radius 3 is 2.17 bits per heavy atom.